The van der Waals surface area contributed by atoms with Crippen molar-refractivity contribution in [2.45, 2.75) is 0 Å². The Hall–Kier alpha value is -3.23. The van der Waals surface area contributed by atoms with Crippen LogP contribution in [0.25, 0.3) is 33.5 Å². The van der Waals surface area contributed by atoms with Gasteiger partial charge in [0.15, 0.2) is 5.82 Å². The van der Waals surface area contributed by atoms with Gasteiger partial charge in [0.2, 0.25) is 0 Å². The number of H-pyrrole nitrogens is 2. The monoisotopic (exact) mass is 389 g/mol. The number of nitrogens with one attached hydrogen (secondary N) is 3. The van der Waals surface area contributed by atoms with E-state index in [-0.39, 0.29) is 0 Å². The lowest BCUT2D eigenvalue weighted by Crippen LogP contribution is -2.44. The zero-order chi connectivity index (χ0) is 19.5. The van der Waals surface area contributed by atoms with Gasteiger partial charge in [0.05, 0.1) is 5.52 Å². The fraction of sp³-hybridized carbons (Fsp3) is 0.286. The molecule has 0 unspecified atom stereocenters. The lowest BCUT2D eigenvalue weighted by Gasteiger charge is -2.27. The number of rotatable bonds is 6. The molecule has 8 heteroatoms. The molecule has 148 valence electrons. The van der Waals surface area contributed by atoms with Gasteiger partial charge in [-0.25, -0.2) is 4.98 Å². The van der Waals surface area contributed by atoms with Crippen LogP contribution < -0.4 is 10.1 Å². The first kappa shape index (κ1) is 17.8. The Kier molecular flexibility index (Phi) is 4.93. The topological polar surface area (TPSA) is 94.8 Å². The third-order valence-electron chi connectivity index (χ3n) is 5.22. The predicted molar refractivity (Wildman–Crippen MR) is 112 cm³/mol. The highest BCUT2D eigenvalue weighted by Crippen LogP contribution is 2.32. The zero-order valence-electron chi connectivity index (χ0n) is 16.1. The van der Waals surface area contributed by atoms with E-state index in [4.69, 9.17) is 4.74 Å². The van der Waals surface area contributed by atoms with Gasteiger partial charge < -0.3 is 10.1 Å². The van der Waals surface area contributed by atoms with Crippen LogP contribution in [0.4, 0.5) is 0 Å². The number of aromatic nitrogens is 5. The summed E-state index contributed by atoms with van der Waals surface area (Å²) < 4.78 is 6.14. The lowest BCUT2D eigenvalue weighted by molar-refractivity contribution is 0.191. The molecule has 0 radical (unpaired) electrons. The summed E-state index contributed by atoms with van der Waals surface area (Å²) in [5.41, 5.74) is 3.81. The molecular weight excluding hydrogens is 366 g/mol. The van der Waals surface area contributed by atoms with Crippen LogP contribution >= 0.6 is 0 Å². The second kappa shape index (κ2) is 8.02. The second-order valence-electron chi connectivity index (χ2n) is 7.14. The standard InChI is InChI=1S/C21H23N7O/c1-2-4-19-18(3-1)20(26-25-19)15-11-16(21-23-14-24-27-21)13-17(12-15)29-10-9-28-7-5-22-6-8-28/h1-4,11-14,22H,5-10H2,(H,25,26)(H,23,24,27). The summed E-state index contributed by atoms with van der Waals surface area (Å²) in [7, 11) is 0. The molecule has 0 amide bonds. The largest absolute Gasteiger partial charge is 0.492 e. The van der Waals surface area contributed by atoms with Crippen molar-refractivity contribution in [3.8, 4) is 28.4 Å². The van der Waals surface area contributed by atoms with E-state index in [2.05, 4.69) is 47.7 Å². The van der Waals surface area contributed by atoms with Crippen molar-refractivity contribution in [1.29, 1.82) is 0 Å². The molecule has 29 heavy (non-hydrogen) atoms. The van der Waals surface area contributed by atoms with Gasteiger partial charge in [-0.2, -0.15) is 10.2 Å². The summed E-state index contributed by atoms with van der Waals surface area (Å²) in [6, 6.07) is 14.2. The lowest BCUT2D eigenvalue weighted by atomic mass is 10.0. The number of hydrogen-bond donors (Lipinski definition) is 3. The minimum atomic E-state index is 0.639. The Morgan fingerprint density at radius 1 is 1.00 bits per heavy atom. The highest BCUT2D eigenvalue weighted by atomic mass is 16.5. The Morgan fingerprint density at radius 2 is 1.86 bits per heavy atom. The molecule has 0 aliphatic carbocycles. The van der Waals surface area contributed by atoms with Gasteiger partial charge in [0, 0.05) is 49.2 Å². The number of hydrogen-bond acceptors (Lipinski definition) is 6. The summed E-state index contributed by atoms with van der Waals surface area (Å²) in [4.78, 5) is 6.72. The van der Waals surface area contributed by atoms with Gasteiger partial charge >= 0.3 is 0 Å². The number of ether oxygens (including phenoxy) is 1. The smallest absolute Gasteiger partial charge is 0.155 e. The van der Waals surface area contributed by atoms with Crippen molar-refractivity contribution in [3.05, 3.63) is 48.8 Å². The molecule has 1 aliphatic heterocycles. The van der Waals surface area contributed by atoms with Gasteiger partial charge in [0.1, 0.15) is 24.4 Å². The van der Waals surface area contributed by atoms with Crippen molar-refractivity contribution >= 4 is 10.9 Å². The van der Waals surface area contributed by atoms with E-state index >= 15 is 0 Å². The Balaban J connectivity index is 1.44. The van der Waals surface area contributed by atoms with Crippen LogP contribution in [0.3, 0.4) is 0 Å². The van der Waals surface area contributed by atoms with Gasteiger partial charge in [-0.15, -0.1) is 0 Å². The van der Waals surface area contributed by atoms with Crippen molar-refractivity contribution in [3.63, 3.8) is 0 Å². The average Bonchev–Trinajstić information content (AvgIpc) is 3.45. The Bertz CT molecular complexity index is 1080. The predicted octanol–water partition coefficient (Wildman–Crippen LogP) is 2.30. The highest BCUT2D eigenvalue weighted by Gasteiger charge is 2.14. The van der Waals surface area contributed by atoms with Crippen LogP contribution in [0.2, 0.25) is 0 Å². The number of nitrogens with zero attached hydrogens (tertiary/aromatic N) is 4. The molecule has 0 saturated carbocycles. The molecule has 5 rings (SSSR count). The molecule has 0 bridgehead atoms. The average molecular weight is 389 g/mol. The third kappa shape index (κ3) is 3.85. The zero-order valence-corrected chi connectivity index (χ0v) is 16.1. The molecule has 1 fully saturated rings. The van der Waals surface area contributed by atoms with Gasteiger partial charge in [-0.3, -0.25) is 15.1 Å². The first-order valence-electron chi connectivity index (χ1n) is 9.87. The SMILES string of the molecule is c1ccc2c(-c3cc(OCCN4CCNCC4)cc(-c4ncn[nH]4)c3)n[nH]c2c1. The van der Waals surface area contributed by atoms with E-state index in [0.29, 0.717) is 12.4 Å². The van der Waals surface area contributed by atoms with E-state index in [1.165, 1.54) is 6.33 Å². The van der Waals surface area contributed by atoms with Crippen molar-refractivity contribution < 1.29 is 4.74 Å². The molecule has 3 heterocycles. The Labute approximate surface area is 168 Å². The van der Waals surface area contributed by atoms with E-state index in [0.717, 1.165) is 66.2 Å². The van der Waals surface area contributed by atoms with Crippen LogP contribution in [0.5, 0.6) is 5.75 Å². The van der Waals surface area contributed by atoms with E-state index in [9.17, 15) is 0 Å². The minimum absolute atomic E-state index is 0.639. The fourth-order valence-electron chi connectivity index (χ4n) is 3.71. The molecule has 2 aromatic heterocycles. The van der Waals surface area contributed by atoms with E-state index < -0.39 is 0 Å². The summed E-state index contributed by atoms with van der Waals surface area (Å²) >= 11 is 0. The fourth-order valence-corrected chi connectivity index (χ4v) is 3.71. The van der Waals surface area contributed by atoms with Gasteiger partial charge in [-0.05, 0) is 24.3 Å². The molecule has 1 saturated heterocycles. The first-order chi connectivity index (χ1) is 14.4. The number of benzene rings is 2. The summed E-state index contributed by atoms with van der Waals surface area (Å²) in [6.07, 6.45) is 1.51. The number of fused-ring (bicyclic) bond motifs is 1. The van der Waals surface area contributed by atoms with E-state index in [1.807, 2.05) is 30.3 Å². The first-order valence-corrected chi connectivity index (χ1v) is 9.87. The maximum atomic E-state index is 6.14. The second-order valence-corrected chi connectivity index (χ2v) is 7.14. The quantitative estimate of drug-likeness (QED) is 0.468. The number of aromatic amines is 2. The van der Waals surface area contributed by atoms with Crippen LogP contribution in [0.15, 0.2) is 48.8 Å². The number of piperazine rings is 1. The van der Waals surface area contributed by atoms with Crippen molar-refractivity contribution in [2.75, 3.05) is 39.3 Å². The van der Waals surface area contributed by atoms with E-state index in [1.54, 1.807) is 0 Å². The molecule has 1 aliphatic rings. The normalized spacial score (nSPS) is 15.0. The summed E-state index contributed by atoms with van der Waals surface area (Å²) in [5, 5.41) is 19.0. The van der Waals surface area contributed by atoms with Gasteiger partial charge in [-0.1, -0.05) is 18.2 Å². The Morgan fingerprint density at radius 3 is 2.72 bits per heavy atom. The molecule has 2 aromatic carbocycles. The maximum absolute atomic E-state index is 6.14. The van der Waals surface area contributed by atoms with Crippen LogP contribution in [0, 0.1) is 0 Å². The molecule has 4 aromatic rings. The molecule has 3 N–H and O–H groups in total. The molecule has 0 spiro atoms. The highest BCUT2D eigenvalue weighted by molar-refractivity contribution is 5.93. The molecule has 8 nitrogen and oxygen atoms in total. The third-order valence-corrected chi connectivity index (χ3v) is 5.22. The van der Waals surface area contributed by atoms with Crippen LogP contribution in [-0.2, 0) is 0 Å². The van der Waals surface area contributed by atoms with Crippen molar-refractivity contribution in [1.82, 2.24) is 35.6 Å². The minimum Gasteiger partial charge on any atom is -0.492 e. The van der Waals surface area contributed by atoms with Crippen LogP contribution in [-0.4, -0.2) is 69.6 Å². The number of para-hydroxylation sites is 1. The maximum Gasteiger partial charge on any atom is 0.155 e. The molecule has 0 atom stereocenters. The van der Waals surface area contributed by atoms with Gasteiger partial charge in [0.25, 0.3) is 0 Å². The summed E-state index contributed by atoms with van der Waals surface area (Å²) in [6.45, 7) is 5.75. The van der Waals surface area contributed by atoms with Crippen molar-refractivity contribution in [2.24, 2.45) is 0 Å². The molecular formula is C21H23N7O. The van der Waals surface area contributed by atoms with Crippen LogP contribution in [0.1, 0.15) is 0 Å². The summed E-state index contributed by atoms with van der Waals surface area (Å²) in [5.74, 6) is 1.51.